The highest BCUT2D eigenvalue weighted by Gasteiger charge is 2.54. The first kappa shape index (κ1) is 26.1. The number of piperidine rings is 1. The second-order valence-corrected chi connectivity index (χ2v) is 10.5. The number of benzene rings is 1. The summed E-state index contributed by atoms with van der Waals surface area (Å²) in [6.07, 6.45) is 2.85. The van der Waals surface area contributed by atoms with Crippen LogP contribution in [0.25, 0.3) is 0 Å². The van der Waals surface area contributed by atoms with Gasteiger partial charge in [0, 0.05) is 43.6 Å². The molecule has 0 bridgehead atoms. The van der Waals surface area contributed by atoms with E-state index in [4.69, 9.17) is 4.74 Å². The number of rotatable bonds is 6. The Morgan fingerprint density at radius 2 is 1.92 bits per heavy atom. The number of carbonyl (C=O) groups excluding carboxylic acids is 1. The Hall–Kier alpha value is -2.56. The van der Waals surface area contributed by atoms with Gasteiger partial charge in [-0.15, -0.1) is 0 Å². The summed E-state index contributed by atoms with van der Waals surface area (Å²) in [4.78, 5) is 19.7. The molecule has 2 aromatic rings. The zero-order valence-electron chi connectivity index (χ0n) is 20.4. The molecule has 2 atom stereocenters. The van der Waals surface area contributed by atoms with E-state index in [0.717, 1.165) is 37.0 Å². The van der Waals surface area contributed by atoms with Crippen LogP contribution in [0.1, 0.15) is 55.2 Å². The molecule has 0 spiro atoms. The summed E-state index contributed by atoms with van der Waals surface area (Å²) >= 11 is 0. The highest BCUT2D eigenvalue weighted by Crippen LogP contribution is 2.47. The van der Waals surface area contributed by atoms with Gasteiger partial charge >= 0.3 is 6.18 Å². The Labute approximate surface area is 213 Å². The van der Waals surface area contributed by atoms with Crippen molar-refractivity contribution < 1.29 is 32.2 Å². The van der Waals surface area contributed by atoms with Crippen LogP contribution in [0.5, 0.6) is 0 Å². The van der Waals surface area contributed by atoms with Crippen molar-refractivity contribution in [2.24, 2.45) is 5.92 Å². The van der Waals surface area contributed by atoms with Crippen LogP contribution in [0.2, 0.25) is 0 Å². The van der Waals surface area contributed by atoms with Crippen LogP contribution in [0.4, 0.5) is 17.6 Å². The minimum Gasteiger partial charge on any atom is -0.385 e. The van der Waals surface area contributed by atoms with E-state index < -0.39 is 28.8 Å². The number of aliphatic hydroxyl groups is 1. The van der Waals surface area contributed by atoms with Gasteiger partial charge in [0.15, 0.2) is 0 Å². The molecule has 200 valence electrons. The van der Waals surface area contributed by atoms with Gasteiger partial charge in [-0.1, -0.05) is 6.07 Å². The number of hydrogen-bond donors (Lipinski definition) is 2. The number of amides is 1. The molecule has 6 nitrogen and oxygen atoms in total. The quantitative estimate of drug-likeness (QED) is 0.559. The molecule has 3 fully saturated rings. The maximum absolute atomic E-state index is 13.8. The predicted molar refractivity (Wildman–Crippen MR) is 127 cm³/mol. The van der Waals surface area contributed by atoms with E-state index in [1.54, 1.807) is 12.4 Å². The summed E-state index contributed by atoms with van der Waals surface area (Å²) in [5.74, 6) is -1.27. The summed E-state index contributed by atoms with van der Waals surface area (Å²) in [5, 5.41) is 13.8. The molecule has 10 heteroatoms. The van der Waals surface area contributed by atoms with Gasteiger partial charge < -0.3 is 15.2 Å². The van der Waals surface area contributed by atoms with E-state index in [1.807, 2.05) is 12.1 Å². The zero-order valence-corrected chi connectivity index (χ0v) is 20.4. The van der Waals surface area contributed by atoms with Gasteiger partial charge in [-0.2, -0.15) is 13.2 Å². The minimum absolute atomic E-state index is 0.0507. The number of halogens is 4. The Morgan fingerprint density at radius 3 is 2.51 bits per heavy atom. The Kier molecular flexibility index (Phi) is 7.02. The lowest BCUT2D eigenvalue weighted by Gasteiger charge is -2.46. The van der Waals surface area contributed by atoms with Crippen LogP contribution >= 0.6 is 0 Å². The molecule has 37 heavy (non-hydrogen) atoms. The van der Waals surface area contributed by atoms with Crippen molar-refractivity contribution in [1.29, 1.82) is 0 Å². The third-order valence-corrected chi connectivity index (χ3v) is 8.08. The van der Waals surface area contributed by atoms with Crippen LogP contribution in [0.3, 0.4) is 0 Å². The van der Waals surface area contributed by atoms with E-state index in [2.05, 4.69) is 15.2 Å². The number of carbonyl (C=O) groups is 1. The van der Waals surface area contributed by atoms with Crippen molar-refractivity contribution in [2.45, 2.75) is 68.5 Å². The number of nitrogens with one attached hydrogen (secondary N) is 1. The van der Waals surface area contributed by atoms with Crippen molar-refractivity contribution in [1.82, 2.24) is 15.2 Å². The van der Waals surface area contributed by atoms with Gasteiger partial charge in [0.2, 0.25) is 0 Å². The number of hydrogen-bond acceptors (Lipinski definition) is 5. The standard InChI is InChI=1S/C27H31F4N3O3/c28-22-13-18(12-21(14-22)27(29,30)31)15-33-24(35)26(19-3-4-19)6-5-23(17-37-26)34-10-7-25(36,8-11-34)20-2-1-9-32-16-20/h1-2,9,12-14,16,19,23,36H,3-8,10-11,15,17H2,(H,33,35)/t23-,26+/m1/s1. The molecule has 3 aliphatic rings. The molecule has 1 amide bonds. The van der Waals surface area contributed by atoms with Gasteiger partial charge in [-0.3, -0.25) is 14.7 Å². The SMILES string of the molecule is O=C(NCc1cc(F)cc(C(F)(F)F)c1)[C@@]1(C2CC2)CC[C@@H](N2CCC(O)(c3cccnc3)CC2)CO1. The Morgan fingerprint density at radius 1 is 1.16 bits per heavy atom. The molecule has 1 saturated carbocycles. The van der Waals surface area contributed by atoms with E-state index in [9.17, 15) is 27.5 Å². The molecule has 1 aromatic heterocycles. The molecule has 1 aliphatic carbocycles. The minimum atomic E-state index is -4.67. The monoisotopic (exact) mass is 521 g/mol. The average Bonchev–Trinajstić information content (AvgIpc) is 3.74. The molecule has 1 aromatic carbocycles. The second kappa shape index (κ2) is 9.96. The lowest BCUT2D eigenvalue weighted by Crippen LogP contribution is -2.58. The largest absolute Gasteiger partial charge is 0.416 e. The topological polar surface area (TPSA) is 74.7 Å². The molecule has 2 saturated heterocycles. The van der Waals surface area contributed by atoms with Gasteiger partial charge in [-0.25, -0.2) is 4.39 Å². The third-order valence-electron chi connectivity index (χ3n) is 8.08. The van der Waals surface area contributed by atoms with Crippen LogP contribution in [0.15, 0.2) is 42.7 Å². The van der Waals surface area contributed by atoms with E-state index in [-0.39, 0.29) is 30.0 Å². The van der Waals surface area contributed by atoms with Crippen molar-refractivity contribution >= 4 is 5.91 Å². The molecular weight excluding hydrogens is 490 g/mol. The fourth-order valence-electron chi connectivity index (χ4n) is 5.74. The smallest absolute Gasteiger partial charge is 0.385 e. The van der Waals surface area contributed by atoms with Gasteiger partial charge in [-0.05, 0) is 74.3 Å². The lowest BCUT2D eigenvalue weighted by atomic mass is 9.83. The normalized spacial score (nSPS) is 26.6. The Balaban J connectivity index is 1.18. The van der Waals surface area contributed by atoms with Crippen LogP contribution in [-0.2, 0) is 27.9 Å². The summed E-state index contributed by atoms with van der Waals surface area (Å²) in [6.45, 7) is 1.56. The summed E-state index contributed by atoms with van der Waals surface area (Å²) in [6, 6.07) is 6.13. The van der Waals surface area contributed by atoms with Crippen molar-refractivity contribution in [2.75, 3.05) is 19.7 Å². The Bertz CT molecular complexity index is 1110. The van der Waals surface area contributed by atoms with Crippen molar-refractivity contribution in [3.05, 3.63) is 65.2 Å². The number of nitrogens with zero attached hydrogens (tertiary/aromatic N) is 2. The fraction of sp³-hybridized carbons (Fsp3) is 0.556. The third kappa shape index (κ3) is 5.51. The number of aromatic nitrogens is 1. The molecular formula is C27H31F4N3O3. The molecule has 2 aliphatic heterocycles. The van der Waals surface area contributed by atoms with Gasteiger partial charge in [0.05, 0.1) is 17.8 Å². The van der Waals surface area contributed by atoms with Crippen LogP contribution in [0, 0.1) is 11.7 Å². The number of likely N-dealkylation sites (tertiary alicyclic amines) is 1. The van der Waals surface area contributed by atoms with E-state index in [1.165, 1.54) is 0 Å². The van der Waals surface area contributed by atoms with E-state index >= 15 is 0 Å². The van der Waals surface area contributed by atoms with Crippen LogP contribution < -0.4 is 5.32 Å². The predicted octanol–water partition coefficient (Wildman–Crippen LogP) is 4.17. The summed E-state index contributed by atoms with van der Waals surface area (Å²) < 4.78 is 59.1. The second-order valence-electron chi connectivity index (χ2n) is 10.5. The first-order chi connectivity index (χ1) is 17.6. The first-order valence-corrected chi connectivity index (χ1v) is 12.7. The van der Waals surface area contributed by atoms with Crippen molar-refractivity contribution in [3.8, 4) is 0 Å². The number of pyridine rings is 1. The first-order valence-electron chi connectivity index (χ1n) is 12.7. The van der Waals surface area contributed by atoms with Gasteiger partial charge in [0.1, 0.15) is 11.4 Å². The molecule has 0 radical (unpaired) electrons. The maximum atomic E-state index is 13.8. The molecule has 0 unspecified atom stereocenters. The summed E-state index contributed by atoms with van der Waals surface area (Å²) in [7, 11) is 0. The highest BCUT2D eigenvalue weighted by atomic mass is 19.4. The van der Waals surface area contributed by atoms with Gasteiger partial charge in [0.25, 0.3) is 5.91 Å². The van der Waals surface area contributed by atoms with Crippen molar-refractivity contribution in [3.63, 3.8) is 0 Å². The number of alkyl halides is 3. The number of ether oxygens (including phenoxy) is 1. The molecule has 5 rings (SSSR count). The lowest BCUT2D eigenvalue weighted by molar-refractivity contribution is -0.167. The molecule has 3 heterocycles. The van der Waals surface area contributed by atoms with E-state index in [0.29, 0.717) is 45.0 Å². The molecule has 2 N–H and O–H groups in total. The average molecular weight is 522 g/mol. The zero-order chi connectivity index (χ0) is 26.3. The highest BCUT2D eigenvalue weighted by molar-refractivity contribution is 5.86. The fourth-order valence-corrected chi connectivity index (χ4v) is 5.74. The van der Waals surface area contributed by atoms with Crippen LogP contribution in [-0.4, -0.2) is 52.2 Å². The maximum Gasteiger partial charge on any atom is 0.416 e. The summed E-state index contributed by atoms with van der Waals surface area (Å²) in [5.41, 5.74) is -2.12.